The number of fused-ring (bicyclic) bond motifs is 1. The molecule has 1 aliphatic heterocycles. The number of carbonyl (C=O) groups excluding carboxylic acids is 1. The van der Waals surface area contributed by atoms with E-state index in [2.05, 4.69) is 15.6 Å². The van der Waals surface area contributed by atoms with E-state index < -0.39 is 0 Å². The standard InChI is InChI=1S/C14H15N3O/c18-14(17-8-10-6-16-7-10)13-3-1-2-11-9-15-5-4-12(11)13/h1-5,9-10,16H,6-8H2,(H,17,18). The van der Waals surface area contributed by atoms with Gasteiger partial charge < -0.3 is 10.6 Å². The SMILES string of the molecule is O=C(NCC1CNC1)c1cccc2cnccc12. The van der Waals surface area contributed by atoms with Gasteiger partial charge in [0.1, 0.15) is 0 Å². The number of benzene rings is 1. The van der Waals surface area contributed by atoms with Crippen LogP contribution in [-0.2, 0) is 0 Å². The lowest BCUT2D eigenvalue weighted by Crippen LogP contribution is -2.48. The minimum absolute atomic E-state index is 0.00120. The van der Waals surface area contributed by atoms with Crippen LogP contribution in [-0.4, -0.2) is 30.5 Å². The lowest BCUT2D eigenvalue weighted by Gasteiger charge is -2.27. The normalized spacial score (nSPS) is 15.3. The van der Waals surface area contributed by atoms with E-state index >= 15 is 0 Å². The zero-order valence-electron chi connectivity index (χ0n) is 10.0. The zero-order chi connectivity index (χ0) is 12.4. The van der Waals surface area contributed by atoms with Gasteiger partial charge in [0, 0.05) is 48.9 Å². The molecule has 1 aromatic heterocycles. The van der Waals surface area contributed by atoms with E-state index in [-0.39, 0.29) is 5.91 Å². The first-order chi connectivity index (χ1) is 8.84. The molecule has 0 atom stereocenters. The van der Waals surface area contributed by atoms with Gasteiger partial charge in [-0.3, -0.25) is 9.78 Å². The highest BCUT2D eigenvalue weighted by Crippen LogP contribution is 2.17. The summed E-state index contributed by atoms with van der Waals surface area (Å²) in [4.78, 5) is 16.2. The molecule has 2 aromatic rings. The van der Waals surface area contributed by atoms with Crippen molar-refractivity contribution in [2.75, 3.05) is 19.6 Å². The maximum atomic E-state index is 12.2. The third kappa shape index (κ3) is 2.07. The van der Waals surface area contributed by atoms with Crippen LogP contribution in [0.3, 0.4) is 0 Å². The van der Waals surface area contributed by atoms with Crippen molar-refractivity contribution < 1.29 is 4.79 Å². The van der Waals surface area contributed by atoms with E-state index in [0.717, 1.165) is 36.0 Å². The molecule has 2 heterocycles. The maximum Gasteiger partial charge on any atom is 0.251 e. The number of amides is 1. The van der Waals surface area contributed by atoms with E-state index in [9.17, 15) is 4.79 Å². The van der Waals surface area contributed by atoms with Gasteiger partial charge in [-0.2, -0.15) is 0 Å². The summed E-state index contributed by atoms with van der Waals surface area (Å²) in [6, 6.07) is 7.60. The molecule has 0 radical (unpaired) electrons. The molecule has 3 rings (SSSR count). The molecular formula is C14H15N3O. The molecule has 18 heavy (non-hydrogen) atoms. The van der Waals surface area contributed by atoms with Crippen molar-refractivity contribution in [3.05, 3.63) is 42.2 Å². The maximum absolute atomic E-state index is 12.2. The van der Waals surface area contributed by atoms with E-state index in [1.165, 1.54) is 0 Å². The third-order valence-electron chi connectivity index (χ3n) is 3.34. The number of hydrogen-bond acceptors (Lipinski definition) is 3. The van der Waals surface area contributed by atoms with Crippen LogP contribution in [0.1, 0.15) is 10.4 Å². The van der Waals surface area contributed by atoms with Crippen molar-refractivity contribution in [1.29, 1.82) is 0 Å². The van der Waals surface area contributed by atoms with Crippen molar-refractivity contribution >= 4 is 16.7 Å². The van der Waals surface area contributed by atoms with Gasteiger partial charge in [-0.15, -0.1) is 0 Å². The molecule has 0 spiro atoms. The quantitative estimate of drug-likeness (QED) is 0.848. The fourth-order valence-electron chi connectivity index (χ4n) is 2.15. The first-order valence-corrected chi connectivity index (χ1v) is 6.16. The molecule has 2 N–H and O–H groups in total. The minimum atomic E-state index is -0.00120. The topological polar surface area (TPSA) is 54.0 Å². The third-order valence-corrected chi connectivity index (χ3v) is 3.34. The number of hydrogen-bond donors (Lipinski definition) is 2. The van der Waals surface area contributed by atoms with Crippen molar-refractivity contribution in [2.45, 2.75) is 0 Å². The lowest BCUT2D eigenvalue weighted by atomic mass is 10.0. The Kier molecular flexibility index (Phi) is 2.94. The van der Waals surface area contributed by atoms with Crippen LogP contribution in [0.2, 0.25) is 0 Å². The van der Waals surface area contributed by atoms with Crippen LogP contribution < -0.4 is 10.6 Å². The second-order valence-electron chi connectivity index (χ2n) is 4.64. The Balaban J connectivity index is 1.81. The van der Waals surface area contributed by atoms with E-state index in [4.69, 9.17) is 0 Å². The summed E-state index contributed by atoms with van der Waals surface area (Å²) in [5, 5.41) is 8.14. The predicted molar refractivity (Wildman–Crippen MR) is 70.4 cm³/mol. The predicted octanol–water partition coefficient (Wildman–Crippen LogP) is 1.18. The average Bonchev–Trinajstić information content (AvgIpc) is 2.36. The largest absolute Gasteiger partial charge is 0.352 e. The summed E-state index contributed by atoms with van der Waals surface area (Å²) in [7, 11) is 0. The monoisotopic (exact) mass is 241 g/mol. The molecular weight excluding hydrogens is 226 g/mol. The first-order valence-electron chi connectivity index (χ1n) is 6.16. The second-order valence-corrected chi connectivity index (χ2v) is 4.64. The van der Waals surface area contributed by atoms with Crippen LogP contribution >= 0.6 is 0 Å². The summed E-state index contributed by atoms with van der Waals surface area (Å²) < 4.78 is 0. The van der Waals surface area contributed by atoms with E-state index in [1.54, 1.807) is 12.4 Å². The zero-order valence-corrected chi connectivity index (χ0v) is 10.0. The van der Waals surface area contributed by atoms with Gasteiger partial charge >= 0.3 is 0 Å². The summed E-state index contributed by atoms with van der Waals surface area (Å²) in [5.41, 5.74) is 0.724. The van der Waals surface area contributed by atoms with Crippen LogP contribution in [0, 0.1) is 5.92 Å². The number of nitrogens with one attached hydrogen (secondary N) is 2. The number of rotatable bonds is 3. The summed E-state index contributed by atoms with van der Waals surface area (Å²) in [6.07, 6.45) is 3.50. The number of nitrogens with zero attached hydrogens (tertiary/aromatic N) is 1. The van der Waals surface area contributed by atoms with Gasteiger partial charge in [0.15, 0.2) is 0 Å². The second kappa shape index (κ2) is 4.74. The molecule has 4 heteroatoms. The Labute approximate surface area is 105 Å². The molecule has 0 bridgehead atoms. The molecule has 1 fully saturated rings. The summed E-state index contributed by atoms with van der Waals surface area (Å²) >= 11 is 0. The van der Waals surface area contributed by atoms with Crippen LogP contribution in [0.4, 0.5) is 0 Å². The lowest BCUT2D eigenvalue weighted by molar-refractivity contribution is 0.0944. The molecule has 0 saturated carbocycles. The van der Waals surface area contributed by atoms with Crippen molar-refractivity contribution in [1.82, 2.24) is 15.6 Å². The summed E-state index contributed by atoms with van der Waals surface area (Å²) in [5.74, 6) is 0.573. The van der Waals surface area contributed by atoms with Gasteiger partial charge in [-0.05, 0) is 17.5 Å². The van der Waals surface area contributed by atoms with Crippen molar-refractivity contribution in [3.8, 4) is 0 Å². The smallest absolute Gasteiger partial charge is 0.251 e. The fourth-order valence-corrected chi connectivity index (χ4v) is 2.15. The Morgan fingerprint density at radius 1 is 1.39 bits per heavy atom. The molecule has 1 aromatic carbocycles. The van der Waals surface area contributed by atoms with Crippen LogP contribution in [0.15, 0.2) is 36.7 Å². The molecule has 0 unspecified atom stereocenters. The van der Waals surface area contributed by atoms with E-state index in [0.29, 0.717) is 5.92 Å². The number of aromatic nitrogens is 1. The number of pyridine rings is 1. The van der Waals surface area contributed by atoms with Crippen molar-refractivity contribution in [2.24, 2.45) is 5.92 Å². The first kappa shape index (κ1) is 11.2. The van der Waals surface area contributed by atoms with Gasteiger partial charge in [0.2, 0.25) is 0 Å². The highest BCUT2D eigenvalue weighted by Gasteiger charge is 2.18. The minimum Gasteiger partial charge on any atom is -0.352 e. The highest BCUT2D eigenvalue weighted by molar-refractivity contribution is 6.06. The fraction of sp³-hybridized carbons (Fsp3) is 0.286. The molecule has 0 aliphatic carbocycles. The molecule has 4 nitrogen and oxygen atoms in total. The Hall–Kier alpha value is -1.94. The Bertz CT molecular complexity index is 573. The van der Waals surface area contributed by atoms with Gasteiger partial charge in [-0.1, -0.05) is 12.1 Å². The van der Waals surface area contributed by atoms with Crippen LogP contribution in [0.25, 0.3) is 10.8 Å². The van der Waals surface area contributed by atoms with E-state index in [1.807, 2.05) is 24.3 Å². The Morgan fingerprint density at radius 3 is 3.06 bits per heavy atom. The van der Waals surface area contributed by atoms with Gasteiger partial charge in [0.25, 0.3) is 5.91 Å². The van der Waals surface area contributed by atoms with Crippen LogP contribution in [0.5, 0.6) is 0 Å². The molecule has 1 amide bonds. The highest BCUT2D eigenvalue weighted by atomic mass is 16.1. The average molecular weight is 241 g/mol. The van der Waals surface area contributed by atoms with Gasteiger partial charge in [-0.25, -0.2) is 0 Å². The molecule has 1 aliphatic rings. The molecule has 1 saturated heterocycles. The van der Waals surface area contributed by atoms with Gasteiger partial charge in [0.05, 0.1) is 0 Å². The Morgan fingerprint density at radius 2 is 2.28 bits per heavy atom. The summed E-state index contributed by atoms with van der Waals surface area (Å²) in [6.45, 7) is 2.74. The molecule has 92 valence electrons. The number of carbonyl (C=O) groups is 1. The van der Waals surface area contributed by atoms with Crippen molar-refractivity contribution in [3.63, 3.8) is 0 Å².